The largest absolute Gasteiger partial charge is 0.154 e. The van der Waals surface area contributed by atoms with Crippen LogP contribution in [0.4, 0.5) is 0 Å². The molecule has 0 aromatic heterocycles. The molecule has 0 aliphatic rings. The molecule has 0 aliphatic heterocycles. The monoisotopic (exact) mass is 160 g/mol. The van der Waals surface area contributed by atoms with Gasteiger partial charge in [0.2, 0.25) is 0 Å². The van der Waals surface area contributed by atoms with Crippen LogP contribution in [-0.4, -0.2) is 7.28 Å². The Hall–Kier alpha value is -0.715. The van der Waals surface area contributed by atoms with E-state index >= 15 is 0 Å². The molecule has 1 aromatic rings. The molecule has 1 rings (SSSR count). The first-order valence-electron chi connectivity index (χ1n) is 4.74. The van der Waals surface area contributed by atoms with Gasteiger partial charge in [-0.2, -0.15) is 0 Å². The zero-order chi connectivity index (χ0) is 9.14. The van der Waals surface area contributed by atoms with Crippen LogP contribution in [0.15, 0.2) is 18.2 Å². The average Bonchev–Trinajstić information content (AvgIpc) is 2.03. The van der Waals surface area contributed by atoms with Gasteiger partial charge in [0.05, 0.1) is 0 Å². The van der Waals surface area contributed by atoms with Crippen LogP contribution in [0.5, 0.6) is 0 Å². The summed E-state index contributed by atoms with van der Waals surface area (Å²) < 4.78 is 0. The van der Waals surface area contributed by atoms with Crippen molar-refractivity contribution >= 4 is 12.7 Å². The van der Waals surface area contributed by atoms with E-state index in [9.17, 15) is 0 Å². The number of aryl methyl sites for hydroxylation is 1. The van der Waals surface area contributed by atoms with Crippen LogP contribution < -0.4 is 5.46 Å². The molecule has 0 fully saturated rings. The fraction of sp³-hybridized carbons (Fsp3) is 0.455. The highest BCUT2D eigenvalue weighted by molar-refractivity contribution is 6.51. The Morgan fingerprint density at radius 3 is 2.33 bits per heavy atom. The normalized spacial score (nSPS) is 10.4. The second-order valence-electron chi connectivity index (χ2n) is 3.76. The van der Waals surface area contributed by atoms with E-state index in [1.807, 2.05) is 0 Å². The molecule has 0 amide bonds. The summed E-state index contributed by atoms with van der Waals surface area (Å²) in [6.45, 7) is 8.87. The molecule has 0 saturated heterocycles. The maximum absolute atomic E-state index is 2.32. The van der Waals surface area contributed by atoms with E-state index in [1.54, 1.807) is 0 Å². The van der Waals surface area contributed by atoms with Crippen molar-refractivity contribution in [3.8, 4) is 0 Å². The summed E-state index contributed by atoms with van der Waals surface area (Å²) in [7, 11) is 1.14. The lowest BCUT2D eigenvalue weighted by atomic mass is 9.72. The van der Waals surface area contributed by atoms with Crippen LogP contribution in [0.25, 0.3) is 0 Å². The summed E-state index contributed by atoms with van der Waals surface area (Å²) in [6, 6.07) is 6.87. The number of benzene rings is 1. The maximum atomic E-state index is 2.32. The summed E-state index contributed by atoms with van der Waals surface area (Å²) >= 11 is 0. The second-order valence-corrected chi connectivity index (χ2v) is 3.76. The Morgan fingerprint density at radius 1 is 1.17 bits per heavy atom. The molecule has 0 atom stereocenters. The Morgan fingerprint density at radius 2 is 1.83 bits per heavy atom. The molecule has 0 heterocycles. The van der Waals surface area contributed by atoms with E-state index in [4.69, 9.17) is 0 Å². The Kier molecular flexibility index (Phi) is 2.96. The molecule has 0 N–H and O–H groups in total. The maximum Gasteiger partial charge on any atom is 0.154 e. The van der Waals surface area contributed by atoms with Crippen LogP contribution in [0.3, 0.4) is 0 Å². The predicted octanol–water partition coefficient (Wildman–Crippen LogP) is 2.23. The number of hydrogen-bond acceptors (Lipinski definition) is 0. The van der Waals surface area contributed by atoms with Crippen molar-refractivity contribution in [1.82, 2.24) is 0 Å². The third-order valence-corrected chi connectivity index (χ3v) is 2.23. The minimum atomic E-state index is 0.648. The third kappa shape index (κ3) is 2.13. The van der Waals surface area contributed by atoms with Gasteiger partial charge < -0.3 is 0 Å². The smallest absolute Gasteiger partial charge is 0.0849 e. The van der Waals surface area contributed by atoms with Crippen LogP contribution in [-0.2, 0) is 0 Å². The first kappa shape index (κ1) is 9.37. The molecular weight excluding hydrogens is 143 g/mol. The van der Waals surface area contributed by atoms with Crippen molar-refractivity contribution in [1.29, 1.82) is 0 Å². The molecule has 0 unspecified atom stereocenters. The molecule has 12 heavy (non-hydrogen) atoms. The van der Waals surface area contributed by atoms with Gasteiger partial charge >= 0.3 is 0 Å². The van der Waals surface area contributed by atoms with Gasteiger partial charge in [-0.25, -0.2) is 0 Å². The highest BCUT2D eigenvalue weighted by Crippen LogP contribution is 2.13. The Balaban J connectivity index is 3.06. The van der Waals surface area contributed by atoms with E-state index < -0.39 is 0 Å². The molecule has 0 spiro atoms. The molecule has 0 saturated carbocycles. The molecule has 1 aromatic carbocycles. The summed E-state index contributed by atoms with van der Waals surface area (Å²) in [5.74, 6) is 0.648. The SMILES string of the molecule is CBc1cc(C)cc(C(C)C)c1. The molecular formula is C11H17B. The van der Waals surface area contributed by atoms with Crippen molar-refractivity contribution in [2.45, 2.75) is 33.5 Å². The summed E-state index contributed by atoms with van der Waals surface area (Å²) in [4.78, 5) is 0. The van der Waals surface area contributed by atoms with Gasteiger partial charge in [0.15, 0.2) is 7.28 Å². The lowest BCUT2D eigenvalue weighted by molar-refractivity contribution is 0.866. The highest BCUT2D eigenvalue weighted by atomic mass is 14.0. The van der Waals surface area contributed by atoms with Crippen molar-refractivity contribution in [3.63, 3.8) is 0 Å². The standard InChI is InChI=1S/C11H17B/c1-8(2)10-5-9(3)6-11(7-10)12-4/h5-8,12H,1-4H3. The first-order valence-corrected chi connectivity index (χ1v) is 4.74. The van der Waals surface area contributed by atoms with Crippen molar-refractivity contribution in [2.24, 2.45) is 0 Å². The number of rotatable bonds is 2. The van der Waals surface area contributed by atoms with E-state index in [0.29, 0.717) is 5.92 Å². The minimum Gasteiger partial charge on any atom is -0.0849 e. The van der Waals surface area contributed by atoms with Gasteiger partial charge in [-0.1, -0.05) is 49.9 Å². The van der Waals surface area contributed by atoms with E-state index in [1.165, 1.54) is 16.6 Å². The molecule has 0 aliphatic carbocycles. The van der Waals surface area contributed by atoms with Gasteiger partial charge in [-0.15, -0.1) is 0 Å². The van der Waals surface area contributed by atoms with Crippen LogP contribution >= 0.6 is 0 Å². The lowest BCUT2D eigenvalue weighted by Gasteiger charge is -2.08. The van der Waals surface area contributed by atoms with Crippen molar-refractivity contribution in [3.05, 3.63) is 29.3 Å². The second kappa shape index (κ2) is 3.80. The van der Waals surface area contributed by atoms with Gasteiger partial charge in [0, 0.05) is 0 Å². The van der Waals surface area contributed by atoms with Gasteiger partial charge in [-0.3, -0.25) is 0 Å². The zero-order valence-corrected chi connectivity index (χ0v) is 8.52. The number of hydrogen-bond donors (Lipinski definition) is 0. The average molecular weight is 160 g/mol. The highest BCUT2D eigenvalue weighted by Gasteiger charge is 2.01. The Labute approximate surface area is 76.2 Å². The molecule has 64 valence electrons. The quantitative estimate of drug-likeness (QED) is 0.582. The molecule has 0 radical (unpaired) electrons. The predicted molar refractivity (Wildman–Crippen MR) is 57.9 cm³/mol. The van der Waals surface area contributed by atoms with Crippen molar-refractivity contribution in [2.75, 3.05) is 0 Å². The van der Waals surface area contributed by atoms with E-state index in [-0.39, 0.29) is 0 Å². The summed E-state index contributed by atoms with van der Waals surface area (Å²) in [6.07, 6.45) is 0. The molecule has 0 bridgehead atoms. The van der Waals surface area contributed by atoms with Gasteiger partial charge in [0.1, 0.15) is 0 Å². The third-order valence-electron chi connectivity index (χ3n) is 2.23. The molecule has 0 nitrogen and oxygen atoms in total. The molecule has 1 heteroatoms. The lowest BCUT2D eigenvalue weighted by Crippen LogP contribution is -2.12. The van der Waals surface area contributed by atoms with Crippen LogP contribution in [0.1, 0.15) is 30.9 Å². The fourth-order valence-electron chi connectivity index (χ4n) is 1.43. The van der Waals surface area contributed by atoms with Crippen LogP contribution in [0.2, 0.25) is 6.82 Å². The van der Waals surface area contributed by atoms with Crippen LogP contribution in [0, 0.1) is 6.92 Å². The summed E-state index contributed by atoms with van der Waals surface area (Å²) in [5, 5.41) is 0. The van der Waals surface area contributed by atoms with Gasteiger partial charge in [-0.05, 0) is 18.4 Å². The minimum absolute atomic E-state index is 0.648. The van der Waals surface area contributed by atoms with Crippen molar-refractivity contribution < 1.29 is 0 Å². The Bertz CT molecular complexity index is 264. The summed E-state index contributed by atoms with van der Waals surface area (Å²) in [5.41, 5.74) is 4.31. The zero-order valence-electron chi connectivity index (χ0n) is 8.52. The van der Waals surface area contributed by atoms with E-state index in [2.05, 4.69) is 45.8 Å². The fourth-order valence-corrected chi connectivity index (χ4v) is 1.43. The topological polar surface area (TPSA) is 0 Å². The van der Waals surface area contributed by atoms with Gasteiger partial charge in [0.25, 0.3) is 0 Å². The van der Waals surface area contributed by atoms with E-state index in [0.717, 1.165) is 7.28 Å². The first-order chi connectivity index (χ1) is 5.63.